The van der Waals surface area contributed by atoms with Gasteiger partial charge in [-0.3, -0.25) is 14.9 Å². The van der Waals surface area contributed by atoms with E-state index in [1.165, 1.54) is 6.07 Å². The first kappa shape index (κ1) is 23.5. The molecule has 0 aliphatic heterocycles. The SMILES string of the molecule is CC(C)CC(=O)Nc1cncc(-c2ccc3[nH]nc(-c4cc5c(-c6ccccc6F)ccnc5[nH]4)c3c2)c1. The standard InChI is InChI=1S/C30H25FN6O/c1-17(2)11-28(38)34-20-12-19(15-32-16-20)18-7-8-26-24(13-18)29(37-36-26)27-14-23-21(9-10-33-30(23)35-27)22-5-3-4-6-25(22)31/h3-10,12-17H,11H2,1-2H3,(H,33,35)(H,34,38)(H,36,37). The van der Waals surface area contributed by atoms with E-state index in [0.717, 1.165) is 44.4 Å². The number of anilines is 1. The molecule has 0 radical (unpaired) electrons. The second kappa shape index (κ2) is 9.55. The van der Waals surface area contributed by atoms with E-state index in [-0.39, 0.29) is 17.6 Å². The van der Waals surface area contributed by atoms with Crippen LogP contribution in [0.5, 0.6) is 0 Å². The largest absolute Gasteiger partial charge is 0.338 e. The number of nitrogens with one attached hydrogen (secondary N) is 3. The number of rotatable bonds is 6. The van der Waals surface area contributed by atoms with Crippen LogP contribution in [0.4, 0.5) is 10.1 Å². The van der Waals surface area contributed by atoms with Crippen molar-refractivity contribution < 1.29 is 9.18 Å². The second-order valence-electron chi connectivity index (χ2n) is 9.72. The van der Waals surface area contributed by atoms with Crippen molar-refractivity contribution in [1.29, 1.82) is 0 Å². The van der Waals surface area contributed by atoms with Gasteiger partial charge < -0.3 is 10.3 Å². The van der Waals surface area contributed by atoms with E-state index in [4.69, 9.17) is 0 Å². The van der Waals surface area contributed by atoms with Crippen molar-refractivity contribution in [2.45, 2.75) is 20.3 Å². The van der Waals surface area contributed by atoms with Crippen molar-refractivity contribution in [2.24, 2.45) is 5.92 Å². The molecule has 0 unspecified atom stereocenters. The van der Waals surface area contributed by atoms with Crippen LogP contribution >= 0.6 is 0 Å². The monoisotopic (exact) mass is 504 g/mol. The van der Waals surface area contributed by atoms with Crippen LogP contribution in [0.1, 0.15) is 20.3 Å². The molecule has 1 amide bonds. The predicted molar refractivity (Wildman–Crippen MR) is 148 cm³/mol. The number of hydrogen-bond acceptors (Lipinski definition) is 4. The molecular formula is C30H25FN6O. The third kappa shape index (κ3) is 4.41. The number of hydrogen-bond donors (Lipinski definition) is 3. The van der Waals surface area contributed by atoms with Crippen LogP contribution in [-0.2, 0) is 4.79 Å². The summed E-state index contributed by atoms with van der Waals surface area (Å²) in [6.45, 7) is 4.02. The van der Waals surface area contributed by atoms with Crippen LogP contribution in [0.25, 0.3) is 55.6 Å². The quantitative estimate of drug-likeness (QED) is 0.228. The zero-order chi connectivity index (χ0) is 26.2. The van der Waals surface area contributed by atoms with Gasteiger partial charge in [0.1, 0.15) is 17.2 Å². The highest BCUT2D eigenvalue weighted by atomic mass is 19.1. The van der Waals surface area contributed by atoms with Crippen LogP contribution in [0.3, 0.4) is 0 Å². The molecular weight excluding hydrogens is 479 g/mol. The van der Waals surface area contributed by atoms with E-state index in [2.05, 4.69) is 30.5 Å². The number of aromatic amines is 2. The van der Waals surface area contributed by atoms with Crippen LogP contribution in [0.15, 0.2) is 79.3 Å². The Hall–Kier alpha value is -4.85. The van der Waals surface area contributed by atoms with Crippen LogP contribution in [-0.4, -0.2) is 31.1 Å². The number of amides is 1. The summed E-state index contributed by atoms with van der Waals surface area (Å²) in [5, 5.41) is 12.3. The molecule has 0 spiro atoms. The Balaban J connectivity index is 1.39. The Morgan fingerprint density at radius 3 is 2.68 bits per heavy atom. The fraction of sp³-hybridized carbons (Fsp3) is 0.133. The number of pyridine rings is 2. The molecule has 7 nitrogen and oxygen atoms in total. The number of carbonyl (C=O) groups excluding carboxylic acids is 1. The van der Waals surface area contributed by atoms with Gasteiger partial charge >= 0.3 is 0 Å². The van der Waals surface area contributed by atoms with E-state index in [0.29, 0.717) is 23.3 Å². The van der Waals surface area contributed by atoms with Crippen molar-refractivity contribution in [3.8, 4) is 33.6 Å². The summed E-state index contributed by atoms with van der Waals surface area (Å²) >= 11 is 0. The van der Waals surface area contributed by atoms with Crippen LogP contribution < -0.4 is 5.32 Å². The van der Waals surface area contributed by atoms with Gasteiger partial charge in [-0.2, -0.15) is 5.10 Å². The first-order chi connectivity index (χ1) is 18.5. The van der Waals surface area contributed by atoms with Crippen LogP contribution in [0, 0.1) is 11.7 Å². The Labute approximate surface area is 218 Å². The number of benzene rings is 2. The van der Waals surface area contributed by atoms with Crippen molar-refractivity contribution in [3.63, 3.8) is 0 Å². The number of nitrogens with zero attached hydrogens (tertiary/aromatic N) is 3. The summed E-state index contributed by atoms with van der Waals surface area (Å²) in [5.74, 6) is -0.0433. The van der Waals surface area contributed by atoms with Crippen molar-refractivity contribution in [2.75, 3.05) is 5.32 Å². The lowest BCUT2D eigenvalue weighted by molar-refractivity contribution is -0.116. The topological polar surface area (TPSA) is 99.3 Å². The molecule has 0 saturated heterocycles. The van der Waals surface area contributed by atoms with E-state index in [1.54, 1.807) is 30.7 Å². The summed E-state index contributed by atoms with van der Waals surface area (Å²) in [4.78, 5) is 24.4. The van der Waals surface area contributed by atoms with E-state index >= 15 is 0 Å². The first-order valence-electron chi connectivity index (χ1n) is 12.4. The van der Waals surface area contributed by atoms with E-state index in [9.17, 15) is 9.18 Å². The van der Waals surface area contributed by atoms with Gasteiger partial charge in [-0.25, -0.2) is 9.37 Å². The average Bonchev–Trinajstić information content (AvgIpc) is 3.52. The third-order valence-electron chi connectivity index (χ3n) is 6.46. The number of carbonyl (C=O) groups is 1. The van der Waals surface area contributed by atoms with Crippen molar-refractivity contribution in [1.82, 2.24) is 25.1 Å². The fourth-order valence-electron chi connectivity index (χ4n) is 4.72. The third-order valence-corrected chi connectivity index (χ3v) is 6.46. The van der Waals surface area contributed by atoms with Gasteiger partial charge in [0.2, 0.25) is 5.91 Å². The summed E-state index contributed by atoms with van der Waals surface area (Å²) in [7, 11) is 0. The zero-order valence-electron chi connectivity index (χ0n) is 20.9. The Morgan fingerprint density at radius 1 is 0.974 bits per heavy atom. The molecule has 0 saturated carbocycles. The zero-order valence-corrected chi connectivity index (χ0v) is 20.9. The minimum Gasteiger partial charge on any atom is -0.338 e. The molecule has 0 fully saturated rings. The Morgan fingerprint density at radius 2 is 1.84 bits per heavy atom. The van der Waals surface area contributed by atoms with Gasteiger partial charge in [0.25, 0.3) is 0 Å². The molecule has 38 heavy (non-hydrogen) atoms. The minimum absolute atomic E-state index is 0.0336. The minimum atomic E-state index is -0.283. The molecule has 6 rings (SSSR count). The summed E-state index contributed by atoms with van der Waals surface area (Å²) in [6, 6.07) is 18.4. The number of H-pyrrole nitrogens is 2. The molecule has 0 aliphatic carbocycles. The molecule has 6 aromatic rings. The highest BCUT2D eigenvalue weighted by molar-refractivity contribution is 6.01. The molecule has 0 aliphatic rings. The number of halogens is 1. The lowest BCUT2D eigenvalue weighted by Crippen LogP contribution is -2.13. The maximum Gasteiger partial charge on any atom is 0.224 e. The molecule has 0 atom stereocenters. The van der Waals surface area contributed by atoms with Crippen LogP contribution in [0.2, 0.25) is 0 Å². The van der Waals surface area contributed by atoms with E-state index in [1.807, 2.05) is 56.3 Å². The first-order valence-corrected chi connectivity index (χ1v) is 12.4. The van der Waals surface area contributed by atoms with Crippen molar-refractivity contribution >= 4 is 33.5 Å². The molecule has 8 heteroatoms. The normalized spacial score (nSPS) is 11.5. The van der Waals surface area contributed by atoms with Gasteiger partial charge in [0.15, 0.2) is 0 Å². The maximum atomic E-state index is 14.6. The second-order valence-corrected chi connectivity index (χ2v) is 9.72. The van der Waals surface area contributed by atoms with Crippen molar-refractivity contribution in [3.05, 3.63) is 85.1 Å². The van der Waals surface area contributed by atoms with Gasteiger partial charge in [-0.05, 0) is 53.4 Å². The number of fused-ring (bicyclic) bond motifs is 2. The van der Waals surface area contributed by atoms with Gasteiger partial charge in [0, 0.05) is 40.7 Å². The summed E-state index contributed by atoms with van der Waals surface area (Å²) < 4.78 is 14.6. The molecule has 4 heterocycles. The Bertz CT molecular complexity index is 1800. The molecule has 188 valence electrons. The smallest absolute Gasteiger partial charge is 0.224 e. The lowest BCUT2D eigenvalue weighted by atomic mass is 10.0. The Kier molecular flexibility index (Phi) is 5.92. The highest BCUT2D eigenvalue weighted by Crippen LogP contribution is 2.35. The van der Waals surface area contributed by atoms with Gasteiger partial charge in [-0.15, -0.1) is 0 Å². The van der Waals surface area contributed by atoms with E-state index < -0.39 is 0 Å². The summed E-state index contributed by atoms with van der Waals surface area (Å²) in [6.07, 6.45) is 5.54. The van der Waals surface area contributed by atoms with Gasteiger partial charge in [-0.1, -0.05) is 38.1 Å². The highest BCUT2D eigenvalue weighted by Gasteiger charge is 2.16. The summed E-state index contributed by atoms with van der Waals surface area (Å²) in [5.41, 5.74) is 6.78. The lowest BCUT2D eigenvalue weighted by Gasteiger charge is -2.09. The molecule has 4 aromatic heterocycles. The number of aromatic nitrogens is 5. The predicted octanol–water partition coefficient (Wildman–Crippen LogP) is 6.96. The molecule has 0 bridgehead atoms. The van der Waals surface area contributed by atoms with Gasteiger partial charge in [0.05, 0.1) is 23.1 Å². The fourth-order valence-corrected chi connectivity index (χ4v) is 4.72. The molecule has 3 N–H and O–H groups in total. The maximum absolute atomic E-state index is 14.6. The molecule has 2 aromatic carbocycles. The average molecular weight is 505 g/mol.